The van der Waals surface area contributed by atoms with Crippen molar-refractivity contribution >= 4 is 21.8 Å². The molecule has 1 unspecified atom stereocenters. The molecular weight excluding hydrogens is 392 g/mol. The lowest BCUT2D eigenvalue weighted by molar-refractivity contribution is 0.0503. The van der Waals surface area contributed by atoms with Crippen molar-refractivity contribution in [3.8, 4) is 0 Å². The number of nitrogens with zero attached hydrogens (tertiary/aromatic N) is 1. The van der Waals surface area contributed by atoms with E-state index in [2.05, 4.69) is 15.9 Å². The quantitative estimate of drug-likeness (QED) is 0.724. The van der Waals surface area contributed by atoms with E-state index in [4.69, 9.17) is 4.74 Å². The first kappa shape index (κ1) is 18.0. The molecule has 132 valence electrons. The van der Waals surface area contributed by atoms with Gasteiger partial charge in [-0.1, -0.05) is 28.1 Å². The van der Waals surface area contributed by atoms with Crippen molar-refractivity contribution in [1.29, 1.82) is 0 Å². The summed E-state index contributed by atoms with van der Waals surface area (Å²) in [5, 5.41) is 0. The number of hydrogen-bond donors (Lipinski definition) is 0. The van der Waals surface area contributed by atoms with Crippen LogP contribution >= 0.6 is 15.9 Å². The highest BCUT2D eigenvalue weighted by Crippen LogP contribution is 2.21. The van der Waals surface area contributed by atoms with Gasteiger partial charge < -0.3 is 9.64 Å². The fraction of sp³-hybridized carbons (Fsp3) is 0.316. The van der Waals surface area contributed by atoms with Gasteiger partial charge in [-0.05, 0) is 48.7 Å². The molecule has 25 heavy (non-hydrogen) atoms. The number of hydrogen-bond acceptors (Lipinski definition) is 2. The van der Waals surface area contributed by atoms with Crippen LogP contribution in [0, 0.1) is 11.6 Å². The summed E-state index contributed by atoms with van der Waals surface area (Å²) in [7, 11) is 0. The van der Waals surface area contributed by atoms with Gasteiger partial charge in [0, 0.05) is 24.2 Å². The van der Waals surface area contributed by atoms with Crippen LogP contribution in [-0.4, -0.2) is 30.1 Å². The minimum absolute atomic E-state index is 0.0104. The van der Waals surface area contributed by atoms with Crippen LogP contribution in [0.1, 0.15) is 28.8 Å². The first-order chi connectivity index (χ1) is 12.0. The molecule has 0 aliphatic carbocycles. The molecule has 1 aliphatic rings. The van der Waals surface area contributed by atoms with Gasteiger partial charge in [-0.25, -0.2) is 8.78 Å². The normalized spacial score (nSPS) is 16.8. The van der Waals surface area contributed by atoms with Gasteiger partial charge >= 0.3 is 0 Å². The van der Waals surface area contributed by atoms with E-state index in [-0.39, 0.29) is 24.0 Å². The molecule has 1 atom stereocenters. The Morgan fingerprint density at radius 1 is 1.24 bits per heavy atom. The fourth-order valence-corrected chi connectivity index (χ4v) is 3.30. The van der Waals surface area contributed by atoms with Crippen molar-refractivity contribution in [3.05, 3.63) is 69.7 Å². The number of rotatable bonds is 5. The average Bonchev–Trinajstić information content (AvgIpc) is 3.09. The van der Waals surface area contributed by atoms with Gasteiger partial charge in [0.25, 0.3) is 5.91 Å². The number of amides is 1. The molecule has 1 amide bonds. The summed E-state index contributed by atoms with van der Waals surface area (Å²) in [6.07, 6.45) is 1.72. The standard InChI is InChI=1S/C19H18BrF2NO2/c20-14-6-7-18(22)17(10-14)19(24)23(12-16-5-2-8-25-16)11-13-3-1-4-15(21)9-13/h1,3-4,6-7,9-10,16H,2,5,8,11-12H2. The van der Waals surface area contributed by atoms with Gasteiger partial charge in [0.05, 0.1) is 11.7 Å². The van der Waals surface area contributed by atoms with E-state index in [1.165, 1.54) is 29.2 Å². The summed E-state index contributed by atoms with van der Waals surface area (Å²) >= 11 is 3.27. The molecule has 1 heterocycles. The number of halogens is 3. The van der Waals surface area contributed by atoms with Crippen LogP contribution < -0.4 is 0 Å². The topological polar surface area (TPSA) is 29.5 Å². The smallest absolute Gasteiger partial charge is 0.257 e. The van der Waals surface area contributed by atoms with E-state index in [1.54, 1.807) is 18.2 Å². The predicted octanol–water partition coefficient (Wildman–Crippen LogP) is 4.55. The van der Waals surface area contributed by atoms with Crippen LogP contribution in [0.25, 0.3) is 0 Å². The van der Waals surface area contributed by atoms with E-state index in [0.717, 1.165) is 12.8 Å². The average molecular weight is 410 g/mol. The van der Waals surface area contributed by atoms with Gasteiger partial charge in [-0.15, -0.1) is 0 Å². The van der Waals surface area contributed by atoms with Gasteiger partial charge in [0.1, 0.15) is 11.6 Å². The number of carbonyl (C=O) groups is 1. The molecule has 0 aromatic heterocycles. The molecule has 0 bridgehead atoms. The van der Waals surface area contributed by atoms with Crippen molar-refractivity contribution < 1.29 is 18.3 Å². The van der Waals surface area contributed by atoms with Crippen LogP contribution in [0.3, 0.4) is 0 Å². The second-order valence-electron chi connectivity index (χ2n) is 6.07. The second-order valence-corrected chi connectivity index (χ2v) is 6.99. The van der Waals surface area contributed by atoms with Crippen molar-refractivity contribution in [3.63, 3.8) is 0 Å². The Kier molecular flexibility index (Phi) is 5.81. The molecule has 1 aliphatic heterocycles. The molecule has 0 spiro atoms. The number of benzene rings is 2. The molecule has 0 N–H and O–H groups in total. The highest BCUT2D eigenvalue weighted by atomic mass is 79.9. The molecule has 1 fully saturated rings. The molecule has 2 aromatic carbocycles. The van der Waals surface area contributed by atoms with E-state index in [9.17, 15) is 13.6 Å². The lowest BCUT2D eigenvalue weighted by atomic mass is 10.1. The van der Waals surface area contributed by atoms with E-state index >= 15 is 0 Å². The molecule has 3 nitrogen and oxygen atoms in total. The molecule has 3 rings (SSSR count). The van der Waals surface area contributed by atoms with Crippen LogP contribution in [0.15, 0.2) is 46.9 Å². The largest absolute Gasteiger partial charge is 0.376 e. The Morgan fingerprint density at radius 2 is 2.08 bits per heavy atom. The summed E-state index contributed by atoms with van der Waals surface area (Å²) < 4.78 is 33.8. The summed E-state index contributed by atoms with van der Waals surface area (Å²) in [5.74, 6) is -1.38. The highest BCUT2D eigenvalue weighted by molar-refractivity contribution is 9.10. The Hall–Kier alpha value is -1.79. The van der Waals surface area contributed by atoms with Crippen LogP contribution in [0.4, 0.5) is 8.78 Å². The minimum atomic E-state index is -0.579. The Morgan fingerprint density at radius 3 is 2.80 bits per heavy atom. The summed E-state index contributed by atoms with van der Waals surface area (Å²) in [6, 6.07) is 10.3. The third kappa shape index (κ3) is 4.64. The molecular formula is C19H18BrF2NO2. The first-order valence-electron chi connectivity index (χ1n) is 8.13. The third-order valence-corrected chi connectivity index (χ3v) is 4.65. The maximum atomic E-state index is 14.1. The summed E-state index contributed by atoms with van der Waals surface area (Å²) in [6.45, 7) is 1.21. The lowest BCUT2D eigenvalue weighted by Gasteiger charge is -2.26. The molecule has 2 aromatic rings. The van der Waals surface area contributed by atoms with Gasteiger partial charge in [-0.2, -0.15) is 0 Å². The minimum Gasteiger partial charge on any atom is -0.376 e. The summed E-state index contributed by atoms with van der Waals surface area (Å²) in [5.41, 5.74) is 0.644. The highest BCUT2D eigenvalue weighted by Gasteiger charge is 2.25. The van der Waals surface area contributed by atoms with E-state index in [1.807, 2.05) is 0 Å². The van der Waals surface area contributed by atoms with Crippen LogP contribution in [0.5, 0.6) is 0 Å². The second kappa shape index (κ2) is 8.06. The Balaban J connectivity index is 1.86. The van der Waals surface area contributed by atoms with Crippen molar-refractivity contribution in [2.75, 3.05) is 13.2 Å². The zero-order valence-corrected chi connectivity index (χ0v) is 15.1. The van der Waals surface area contributed by atoms with Crippen molar-refractivity contribution in [2.45, 2.75) is 25.5 Å². The van der Waals surface area contributed by atoms with Crippen molar-refractivity contribution in [1.82, 2.24) is 4.90 Å². The SMILES string of the molecule is O=C(c1cc(Br)ccc1F)N(Cc1cccc(F)c1)CC1CCCO1. The third-order valence-electron chi connectivity index (χ3n) is 4.16. The maximum Gasteiger partial charge on any atom is 0.257 e. The lowest BCUT2D eigenvalue weighted by Crippen LogP contribution is -2.37. The van der Waals surface area contributed by atoms with Gasteiger partial charge in [0.2, 0.25) is 0 Å². The molecule has 0 radical (unpaired) electrons. The van der Waals surface area contributed by atoms with E-state index < -0.39 is 11.7 Å². The van der Waals surface area contributed by atoms with Crippen LogP contribution in [0.2, 0.25) is 0 Å². The van der Waals surface area contributed by atoms with Gasteiger partial charge in [0.15, 0.2) is 0 Å². The first-order valence-corrected chi connectivity index (χ1v) is 8.92. The number of carbonyl (C=O) groups excluding carboxylic acids is 1. The zero-order chi connectivity index (χ0) is 17.8. The van der Waals surface area contributed by atoms with Crippen LogP contribution in [-0.2, 0) is 11.3 Å². The monoisotopic (exact) mass is 409 g/mol. The summed E-state index contributed by atoms with van der Waals surface area (Å²) in [4.78, 5) is 14.4. The zero-order valence-electron chi connectivity index (χ0n) is 13.6. The Bertz CT molecular complexity index is 763. The fourth-order valence-electron chi connectivity index (χ4n) is 2.94. The molecule has 0 saturated carbocycles. The number of ether oxygens (including phenoxy) is 1. The Labute approximate surface area is 153 Å². The predicted molar refractivity (Wildman–Crippen MR) is 94.2 cm³/mol. The van der Waals surface area contributed by atoms with E-state index in [0.29, 0.717) is 23.2 Å². The maximum absolute atomic E-state index is 14.1. The molecule has 6 heteroatoms. The molecule has 1 saturated heterocycles. The van der Waals surface area contributed by atoms with Gasteiger partial charge in [-0.3, -0.25) is 4.79 Å². The van der Waals surface area contributed by atoms with Crippen molar-refractivity contribution in [2.24, 2.45) is 0 Å².